The molecule has 1 amide bonds. The zero-order valence-corrected chi connectivity index (χ0v) is 13.9. The molecule has 0 atom stereocenters. The van der Waals surface area contributed by atoms with Crippen molar-refractivity contribution in [2.45, 2.75) is 34.1 Å². The van der Waals surface area contributed by atoms with E-state index in [0.29, 0.717) is 6.42 Å². The van der Waals surface area contributed by atoms with Gasteiger partial charge in [0.25, 0.3) is 0 Å². The van der Waals surface area contributed by atoms with Crippen LogP contribution in [0.3, 0.4) is 0 Å². The van der Waals surface area contributed by atoms with Gasteiger partial charge in [-0.25, -0.2) is 0 Å². The zero-order chi connectivity index (χ0) is 16.1. The van der Waals surface area contributed by atoms with Crippen LogP contribution in [0, 0.1) is 13.8 Å². The van der Waals surface area contributed by atoms with Crippen LogP contribution in [0.5, 0.6) is 0 Å². The number of H-pyrrole nitrogens is 1. The number of aryl methyl sites for hydroxylation is 2. The topological polar surface area (TPSA) is 48.1 Å². The molecule has 2 aromatic rings. The average Bonchev–Trinajstić information content (AvgIpc) is 2.79. The molecule has 0 aliphatic heterocycles. The van der Waals surface area contributed by atoms with Gasteiger partial charge in [-0.3, -0.25) is 4.79 Å². The molecule has 0 saturated heterocycles. The van der Waals surface area contributed by atoms with Crippen molar-refractivity contribution in [3.8, 4) is 0 Å². The third-order valence-corrected chi connectivity index (χ3v) is 3.89. The van der Waals surface area contributed by atoms with Crippen LogP contribution in [-0.4, -0.2) is 24.0 Å². The molecule has 0 unspecified atom stereocenters. The Hall–Kier alpha value is -2.23. The Morgan fingerprint density at radius 3 is 2.27 bits per heavy atom. The van der Waals surface area contributed by atoms with Gasteiger partial charge < -0.3 is 15.2 Å². The van der Waals surface area contributed by atoms with Gasteiger partial charge in [0.15, 0.2) is 0 Å². The Balaban J connectivity index is 1.98. The van der Waals surface area contributed by atoms with Gasteiger partial charge in [0.1, 0.15) is 0 Å². The second kappa shape index (κ2) is 7.16. The second-order valence-electron chi connectivity index (χ2n) is 5.55. The third kappa shape index (κ3) is 3.91. The molecule has 2 N–H and O–H groups in total. The Kier molecular flexibility index (Phi) is 5.26. The third-order valence-electron chi connectivity index (χ3n) is 3.89. The van der Waals surface area contributed by atoms with Gasteiger partial charge in [-0.2, -0.15) is 0 Å². The monoisotopic (exact) mass is 299 g/mol. The van der Waals surface area contributed by atoms with Crippen molar-refractivity contribution in [3.05, 3.63) is 47.3 Å². The first-order chi connectivity index (χ1) is 10.5. The van der Waals surface area contributed by atoms with Gasteiger partial charge in [0.05, 0.1) is 6.42 Å². The van der Waals surface area contributed by atoms with Crippen molar-refractivity contribution >= 4 is 17.3 Å². The highest BCUT2D eigenvalue weighted by atomic mass is 16.1. The van der Waals surface area contributed by atoms with E-state index in [0.717, 1.165) is 35.7 Å². The van der Waals surface area contributed by atoms with Crippen LogP contribution in [-0.2, 0) is 11.2 Å². The lowest BCUT2D eigenvalue weighted by Crippen LogP contribution is -2.21. The maximum absolute atomic E-state index is 12.1. The quantitative estimate of drug-likeness (QED) is 0.855. The maximum atomic E-state index is 12.1. The smallest absolute Gasteiger partial charge is 0.228 e. The fourth-order valence-corrected chi connectivity index (χ4v) is 2.69. The number of benzene rings is 1. The predicted molar refractivity (Wildman–Crippen MR) is 92.6 cm³/mol. The molecule has 0 aliphatic carbocycles. The summed E-state index contributed by atoms with van der Waals surface area (Å²) in [6.07, 6.45) is 0.397. The molecule has 2 rings (SSSR count). The molecule has 1 aromatic heterocycles. The number of nitrogens with one attached hydrogen (secondary N) is 2. The van der Waals surface area contributed by atoms with Crippen LogP contribution in [0.1, 0.15) is 30.8 Å². The molecule has 0 fully saturated rings. The molecule has 1 aromatic carbocycles. The van der Waals surface area contributed by atoms with Crippen molar-refractivity contribution in [2.24, 2.45) is 0 Å². The van der Waals surface area contributed by atoms with E-state index in [1.165, 1.54) is 5.69 Å². The molecule has 0 saturated carbocycles. The molecule has 4 nitrogen and oxygen atoms in total. The van der Waals surface area contributed by atoms with Crippen LogP contribution < -0.4 is 10.2 Å². The number of anilines is 2. The van der Waals surface area contributed by atoms with Crippen molar-refractivity contribution < 1.29 is 4.79 Å². The first-order valence-corrected chi connectivity index (χ1v) is 7.83. The van der Waals surface area contributed by atoms with E-state index >= 15 is 0 Å². The molecule has 22 heavy (non-hydrogen) atoms. The fourth-order valence-electron chi connectivity index (χ4n) is 2.69. The van der Waals surface area contributed by atoms with Gasteiger partial charge in [-0.05, 0) is 63.6 Å². The van der Waals surface area contributed by atoms with Crippen molar-refractivity contribution in [1.82, 2.24) is 4.98 Å². The number of amides is 1. The number of nitrogens with zero attached hydrogens (tertiary/aromatic N) is 1. The highest BCUT2D eigenvalue weighted by Gasteiger charge is 2.09. The first kappa shape index (κ1) is 16.1. The summed E-state index contributed by atoms with van der Waals surface area (Å²) in [6.45, 7) is 10.2. The summed E-state index contributed by atoms with van der Waals surface area (Å²) in [4.78, 5) is 17.6. The van der Waals surface area contributed by atoms with Crippen molar-refractivity contribution in [2.75, 3.05) is 23.3 Å². The van der Waals surface area contributed by atoms with Gasteiger partial charge >= 0.3 is 0 Å². The zero-order valence-electron chi connectivity index (χ0n) is 13.9. The highest BCUT2D eigenvalue weighted by molar-refractivity contribution is 5.92. The molecule has 4 heteroatoms. The number of hydrogen-bond acceptors (Lipinski definition) is 2. The van der Waals surface area contributed by atoms with Crippen LogP contribution in [0.4, 0.5) is 11.4 Å². The van der Waals surface area contributed by atoms with E-state index in [2.05, 4.69) is 29.0 Å². The largest absolute Gasteiger partial charge is 0.372 e. The molecule has 0 aliphatic rings. The number of carbonyl (C=O) groups is 1. The van der Waals surface area contributed by atoms with Gasteiger partial charge in [-0.1, -0.05) is 0 Å². The number of carbonyl (C=O) groups excluding carboxylic acids is 1. The molecule has 0 spiro atoms. The van der Waals surface area contributed by atoms with Crippen LogP contribution >= 0.6 is 0 Å². The van der Waals surface area contributed by atoms with Crippen LogP contribution in [0.25, 0.3) is 0 Å². The SMILES string of the molecule is CCN(CC)c1ccc(NC(=O)Cc2cc(C)[nH]c2C)cc1. The van der Waals surface area contributed by atoms with E-state index in [-0.39, 0.29) is 5.91 Å². The lowest BCUT2D eigenvalue weighted by Gasteiger charge is -2.21. The molecule has 1 heterocycles. The molecular formula is C18H25N3O. The Morgan fingerprint density at radius 1 is 1.14 bits per heavy atom. The number of hydrogen-bond donors (Lipinski definition) is 2. The lowest BCUT2D eigenvalue weighted by atomic mass is 10.1. The summed E-state index contributed by atoms with van der Waals surface area (Å²) in [6, 6.07) is 10.0. The number of aromatic amines is 1. The Bertz CT molecular complexity index is 624. The Labute approximate surface area is 132 Å². The summed E-state index contributed by atoms with van der Waals surface area (Å²) >= 11 is 0. The average molecular weight is 299 g/mol. The van der Waals surface area contributed by atoms with Crippen LogP contribution in [0.15, 0.2) is 30.3 Å². The van der Waals surface area contributed by atoms with Gasteiger partial charge in [0.2, 0.25) is 5.91 Å². The van der Waals surface area contributed by atoms with E-state index < -0.39 is 0 Å². The molecule has 0 radical (unpaired) electrons. The van der Waals surface area contributed by atoms with Gasteiger partial charge in [-0.15, -0.1) is 0 Å². The normalized spacial score (nSPS) is 10.5. The minimum Gasteiger partial charge on any atom is -0.372 e. The number of rotatable bonds is 6. The number of aromatic nitrogens is 1. The minimum atomic E-state index is 0.0117. The molecule has 118 valence electrons. The van der Waals surface area contributed by atoms with Crippen molar-refractivity contribution in [1.29, 1.82) is 0 Å². The van der Waals surface area contributed by atoms with E-state index in [1.807, 2.05) is 44.2 Å². The summed E-state index contributed by atoms with van der Waals surface area (Å²) in [5.41, 5.74) is 5.22. The fraction of sp³-hybridized carbons (Fsp3) is 0.389. The van der Waals surface area contributed by atoms with Crippen molar-refractivity contribution in [3.63, 3.8) is 0 Å². The Morgan fingerprint density at radius 2 is 1.77 bits per heavy atom. The predicted octanol–water partition coefficient (Wildman–Crippen LogP) is 3.66. The van der Waals surface area contributed by atoms with Crippen LogP contribution in [0.2, 0.25) is 0 Å². The summed E-state index contributed by atoms with van der Waals surface area (Å²) in [7, 11) is 0. The summed E-state index contributed by atoms with van der Waals surface area (Å²) in [5, 5.41) is 2.96. The standard InChI is InChI=1S/C18H25N3O/c1-5-21(6-2)17-9-7-16(8-10-17)20-18(22)12-15-11-13(3)19-14(15)4/h7-11,19H,5-6,12H2,1-4H3,(H,20,22). The maximum Gasteiger partial charge on any atom is 0.228 e. The van der Waals surface area contributed by atoms with E-state index in [4.69, 9.17) is 0 Å². The van der Waals surface area contributed by atoms with Gasteiger partial charge in [0, 0.05) is 35.9 Å². The lowest BCUT2D eigenvalue weighted by molar-refractivity contribution is -0.115. The van der Waals surface area contributed by atoms with E-state index in [1.54, 1.807) is 0 Å². The summed E-state index contributed by atoms with van der Waals surface area (Å²) in [5.74, 6) is 0.0117. The minimum absolute atomic E-state index is 0.0117. The summed E-state index contributed by atoms with van der Waals surface area (Å²) < 4.78 is 0. The molecular weight excluding hydrogens is 274 g/mol. The van der Waals surface area contributed by atoms with E-state index in [9.17, 15) is 4.79 Å². The second-order valence-corrected chi connectivity index (χ2v) is 5.55. The highest BCUT2D eigenvalue weighted by Crippen LogP contribution is 2.18. The first-order valence-electron chi connectivity index (χ1n) is 7.83. The molecule has 0 bridgehead atoms.